The van der Waals surface area contributed by atoms with E-state index < -0.39 is 0 Å². The molecule has 0 atom stereocenters. The van der Waals surface area contributed by atoms with Crippen molar-refractivity contribution < 1.29 is 0 Å². The maximum absolute atomic E-state index is 5.56. The zero-order valence-electron chi connectivity index (χ0n) is 10.1. The van der Waals surface area contributed by atoms with Crippen molar-refractivity contribution in [3.8, 4) is 0 Å². The van der Waals surface area contributed by atoms with Crippen molar-refractivity contribution in [3.05, 3.63) is 0 Å². The second-order valence-electron chi connectivity index (χ2n) is 5.25. The molecule has 0 aliphatic carbocycles. The second-order valence-corrected chi connectivity index (χ2v) is 5.25. The molecule has 1 saturated heterocycles. The molecule has 0 spiro atoms. The highest BCUT2D eigenvalue weighted by molar-refractivity contribution is 4.82. The van der Waals surface area contributed by atoms with Crippen LogP contribution in [0.4, 0.5) is 0 Å². The van der Waals surface area contributed by atoms with Gasteiger partial charge in [-0.15, -0.1) is 0 Å². The predicted octanol–water partition coefficient (Wildman–Crippen LogP) is 2.09. The van der Waals surface area contributed by atoms with Gasteiger partial charge in [-0.1, -0.05) is 27.2 Å². The molecule has 84 valence electrons. The first-order chi connectivity index (χ1) is 6.60. The predicted molar refractivity (Wildman–Crippen MR) is 62.3 cm³/mol. The second kappa shape index (κ2) is 5.13. The van der Waals surface area contributed by atoms with E-state index in [1.54, 1.807) is 0 Å². The van der Waals surface area contributed by atoms with Gasteiger partial charge in [0.05, 0.1) is 0 Å². The van der Waals surface area contributed by atoms with Crippen LogP contribution in [0.25, 0.3) is 0 Å². The van der Waals surface area contributed by atoms with E-state index in [2.05, 4.69) is 25.7 Å². The van der Waals surface area contributed by atoms with Crippen LogP contribution in [0, 0.1) is 11.3 Å². The summed E-state index contributed by atoms with van der Waals surface area (Å²) in [7, 11) is 0. The largest absolute Gasteiger partial charge is 0.329 e. The molecule has 1 aliphatic heterocycles. The molecule has 2 heteroatoms. The van der Waals surface area contributed by atoms with Crippen LogP contribution in [-0.4, -0.2) is 31.1 Å². The molecule has 1 fully saturated rings. The van der Waals surface area contributed by atoms with Crippen LogP contribution >= 0.6 is 0 Å². The summed E-state index contributed by atoms with van der Waals surface area (Å²) in [5.74, 6) is 0.918. The van der Waals surface area contributed by atoms with E-state index in [0.717, 1.165) is 19.0 Å². The topological polar surface area (TPSA) is 29.3 Å². The first-order valence-corrected chi connectivity index (χ1v) is 6.02. The number of rotatable bonds is 4. The molecule has 0 aromatic rings. The molecule has 1 rings (SSSR count). The molecule has 2 nitrogen and oxygen atoms in total. The summed E-state index contributed by atoms with van der Waals surface area (Å²) in [5, 5.41) is 0. The quantitative estimate of drug-likeness (QED) is 0.749. The van der Waals surface area contributed by atoms with Gasteiger partial charge in [0.2, 0.25) is 0 Å². The monoisotopic (exact) mass is 198 g/mol. The molecule has 2 N–H and O–H groups in total. The molecule has 0 bridgehead atoms. The van der Waals surface area contributed by atoms with Crippen molar-refractivity contribution in [1.82, 2.24) is 4.90 Å². The lowest BCUT2D eigenvalue weighted by Crippen LogP contribution is -2.40. The van der Waals surface area contributed by atoms with E-state index in [-0.39, 0.29) is 0 Å². The van der Waals surface area contributed by atoms with Crippen molar-refractivity contribution >= 4 is 0 Å². The number of nitrogens with two attached hydrogens (primary N) is 1. The minimum atomic E-state index is 0.537. The van der Waals surface area contributed by atoms with Gasteiger partial charge in [-0.25, -0.2) is 0 Å². The van der Waals surface area contributed by atoms with Gasteiger partial charge in [-0.05, 0) is 37.3 Å². The van der Waals surface area contributed by atoms with Gasteiger partial charge >= 0.3 is 0 Å². The van der Waals surface area contributed by atoms with Crippen LogP contribution in [0.1, 0.15) is 40.0 Å². The Kier molecular flexibility index (Phi) is 4.39. The number of piperidine rings is 1. The minimum absolute atomic E-state index is 0.537. The van der Waals surface area contributed by atoms with Crippen molar-refractivity contribution in [3.63, 3.8) is 0 Å². The summed E-state index contributed by atoms with van der Waals surface area (Å²) in [6, 6.07) is 0. The van der Waals surface area contributed by atoms with E-state index >= 15 is 0 Å². The standard InChI is InChI=1S/C12H26N2/c1-4-12(2,3)11-5-8-14(9-6-11)10-7-13/h11H,4-10,13H2,1-3H3. The van der Waals surface area contributed by atoms with Crippen LogP contribution < -0.4 is 5.73 Å². The van der Waals surface area contributed by atoms with Gasteiger partial charge in [-0.3, -0.25) is 0 Å². The Morgan fingerprint density at radius 3 is 2.29 bits per heavy atom. The zero-order chi connectivity index (χ0) is 10.6. The Balaban J connectivity index is 2.35. The Morgan fingerprint density at radius 2 is 1.86 bits per heavy atom. The highest BCUT2D eigenvalue weighted by atomic mass is 15.1. The Hall–Kier alpha value is -0.0800. The van der Waals surface area contributed by atoms with Gasteiger partial charge in [0.15, 0.2) is 0 Å². The lowest BCUT2D eigenvalue weighted by molar-refractivity contribution is 0.0991. The first-order valence-electron chi connectivity index (χ1n) is 6.02. The van der Waals surface area contributed by atoms with Crippen molar-refractivity contribution in [2.75, 3.05) is 26.2 Å². The van der Waals surface area contributed by atoms with Gasteiger partial charge in [0.25, 0.3) is 0 Å². The van der Waals surface area contributed by atoms with Crippen LogP contribution in [0.5, 0.6) is 0 Å². The average Bonchev–Trinajstić information content (AvgIpc) is 2.19. The number of hydrogen-bond donors (Lipinski definition) is 1. The van der Waals surface area contributed by atoms with E-state index in [0.29, 0.717) is 5.41 Å². The molecule has 0 saturated carbocycles. The fraction of sp³-hybridized carbons (Fsp3) is 1.00. The number of hydrogen-bond acceptors (Lipinski definition) is 2. The number of nitrogens with zero attached hydrogens (tertiary/aromatic N) is 1. The third kappa shape index (κ3) is 2.96. The van der Waals surface area contributed by atoms with Crippen molar-refractivity contribution in [2.45, 2.75) is 40.0 Å². The van der Waals surface area contributed by atoms with Crippen LogP contribution in [0.15, 0.2) is 0 Å². The zero-order valence-corrected chi connectivity index (χ0v) is 10.1. The molecule has 0 aromatic heterocycles. The van der Waals surface area contributed by atoms with Crippen LogP contribution in [-0.2, 0) is 0 Å². The third-order valence-corrected chi connectivity index (χ3v) is 4.05. The molecule has 0 aromatic carbocycles. The molecule has 1 aliphatic rings. The van der Waals surface area contributed by atoms with Gasteiger partial charge in [-0.2, -0.15) is 0 Å². The van der Waals surface area contributed by atoms with E-state index in [1.165, 1.54) is 32.4 Å². The van der Waals surface area contributed by atoms with Gasteiger partial charge in [0, 0.05) is 13.1 Å². The highest BCUT2D eigenvalue weighted by Crippen LogP contribution is 2.37. The summed E-state index contributed by atoms with van der Waals surface area (Å²) in [5.41, 5.74) is 6.10. The fourth-order valence-electron chi connectivity index (χ4n) is 2.41. The summed E-state index contributed by atoms with van der Waals surface area (Å²) in [4.78, 5) is 2.50. The van der Waals surface area contributed by atoms with Crippen molar-refractivity contribution in [2.24, 2.45) is 17.1 Å². The SMILES string of the molecule is CCC(C)(C)C1CCN(CCN)CC1. The lowest BCUT2D eigenvalue weighted by atomic mass is 9.72. The first kappa shape index (κ1) is 12.0. The third-order valence-electron chi connectivity index (χ3n) is 4.05. The van der Waals surface area contributed by atoms with Crippen LogP contribution in [0.3, 0.4) is 0 Å². The molecule has 0 radical (unpaired) electrons. The molecule has 1 heterocycles. The smallest absolute Gasteiger partial charge is 0.0105 e. The molecule has 0 amide bonds. The maximum Gasteiger partial charge on any atom is 0.0105 e. The Bertz CT molecular complexity index is 158. The normalized spacial score (nSPS) is 21.4. The van der Waals surface area contributed by atoms with E-state index in [1.807, 2.05) is 0 Å². The molecular formula is C12H26N2. The Labute approximate surface area is 88.8 Å². The Morgan fingerprint density at radius 1 is 1.29 bits per heavy atom. The molecule has 14 heavy (non-hydrogen) atoms. The van der Waals surface area contributed by atoms with Crippen molar-refractivity contribution in [1.29, 1.82) is 0 Å². The van der Waals surface area contributed by atoms with E-state index in [4.69, 9.17) is 5.73 Å². The summed E-state index contributed by atoms with van der Waals surface area (Å²) in [6.07, 6.45) is 4.02. The molecular weight excluding hydrogens is 172 g/mol. The molecule has 0 unspecified atom stereocenters. The summed E-state index contributed by atoms with van der Waals surface area (Å²) < 4.78 is 0. The number of likely N-dealkylation sites (tertiary alicyclic amines) is 1. The minimum Gasteiger partial charge on any atom is -0.329 e. The average molecular weight is 198 g/mol. The van der Waals surface area contributed by atoms with Crippen LogP contribution in [0.2, 0.25) is 0 Å². The lowest BCUT2D eigenvalue weighted by Gasteiger charge is -2.40. The van der Waals surface area contributed by atoms with Gasteiger partial charge < -0.3 is 10.6 Å². The fourth-order valence-corrected chi connectivity index (χ4v) is 2.41. The summed E-state index contributed by atoms with van der Waals surface area (Å²) >= 11 is 0. The van der Waals surface area contributed by atoms with E-state index in [9.17, 15) is 0 Å². The highest BCUT2D eigenvalue weighted by Gasteiger charge is 2.30. The summed E-state index contributed by atoms with van der Waals surface area (Å²) in [6.45, 7) is 11.5. The van der Waals surface area contributed by atoms with Gasteiger partial charge in [0.1, 0.15) is 0 Å². The maximum atomic E-state index is 5.56.